The highest BCUT2D eigenvalue weighted by atomic mass is 32.2. The molecule has 1 aliphatic rings. The van der Waals surface area contributed by atoms with Crippen LogP contribution in [0.25, 0.3) is 0 Å². The molecule has 0 saturated heterocycles. The normalized spacial score (nSPS) is 23.2. The lowest BCUT2D eigenvalue weighted by molar-refractivity contribution is -0.122. The third kappa shape index (κ3) is 3.38. The Hall–Kier alpha value is -1.24. The smallest absolute Gasteiger partial charge is 0.242 e. The van der Waals surface area contributed by atoms with E-state index in [2.05, 4.69) is 22.3 Å². The van der Waals surface area contributed by atoms with E-state index in [1.807, 2.05) is 11.8 Å². The van der Waals surface area contributed by atoms with Crippen molar-refractivity contribution in [2.45, 2.75) is 44.0 Å². The number of anilines is 1. The first-order valence-electron chi connectivity index (χ1n) is 6.25. The molecule has 1 aliphatic carbocycles. The van der Waals surface area contributed by atoms with Gasteiger partial charge in [-0.1, -0.05) is 13.3 Å². The van der Waals surface area contributed by atoms with Gasteiger partial charge in [-0.05, 0) is 18.6 Å². The third-order valence-electron chi connectivity index (χ3n) is 3.04. The van der Waals surface area contributed by atoms with E-state index in [1.165, 1.54) is 23.9 Å². The van der Waals surface area contributed by atoms with E-state index in [4.69, 9.17) is 5.73 Å². The molecule has 1 heterocycles. The van der Waals surface area contributed by atoms with Crippen molar-refractivity contribution in [1.29, 1.82) is 0 Å². The van der Waals surface area contributed by atoms with Gasteiger partial charge in [-0.3, -0.25) is 4.79 Å². The number of nitrogens with one attached hydrogen (secondary N) is 1. The standard InChI is InChI=1S/C11H19N5OS/c1-2-18-9-5-3-4-8(9)14-10(17)6-16-7-13-11(12)15-16/h7-9H,2-6H2,1H3,(H2,12,15)(H,14,17). The number of aromatic nitrogens is 3. The topological polar surface area (TPSA) is 85.8 Å². The first-order chi connectivity index (χ1) is 8.69. The average molecular weight is 269 g/mol. The van der Waals surface area contributed by atoms with Gasteiger partial charge < -0.3 is 11.1 Å². The van der Waals surface area contributed by atoms with Crippen LogP contribution in [0.2, 0.25) is 0 Å². The van der Waals surface area contributed by atoms with Crippen LogP contribution in [0.15, 0.2) is 6.33 Å². The highest BCUT2D eigenvalue weighted by Crippen LogP contribution is 2.29. The molecule has 1 aromatic rings. The lowest BCUT2D eigenvalue weighted by Gasteiger charge is -2.20. The Labute approximate surface area is 111 Å². The molecule has 18 heavy (non-hydrogen) atoms. The molecule has 2 atom stereocenters. The van der Waals surface area contributed by atoms with Crippen molar-refractivity contribution in [3.8, 4) is 0 Å². The van der Waals surface area contributed by atoms with E-state index in [1.54, 1.807) is 0 Å². The van der Waals surface area contributed by atoms with Crippen molar-refractivity contribution in [3.05, 3.63) is 6.33 Å². The van der Waals surface area contributed by atoms with Gasteiger partial charge in [0.1, 0.15) is 12.9 Å². The van der Waals surface area contributed by atoms with Gasteiger partial charge in [0.2, 0.25) is 11.9 Å². The van der Waals surface area contributed by atoms with Gasteiger partial charge in [0.15, 0.2) is 0 Å². The predicted molar refractivity (Wildman–Crippen MR) is 72.1 cm³/mol. The first kappa shape index (κ1) is 13.2. The van der Waals surface area contributed by atoms with Crippen molar-refractivity contribution in [2.75, 3.05) is 11.5 Å². The number of nitrogens with two attached hydrogens (primary N) is 1. The number of nitrogens with zero attached hydrogens (tertiary/aromatic N) is 3. The van der Waals surface area contributed by atoms with Crippen LogP contribution < -0.4 is 11.1 Å². The minimum Gasteiger partial charge on any atom is -0.367 e. The zero-order valence-corrected chi connectivity index (χ0v) is 11.3. The van der Waals surface area contributed by atoms with E-state index in [9.17, 15) is 4.79 Å². The molecule has 3 N–H and O–H groups in total. The number of carbonyl (C=O) groups excluding carboxylic acids is 1. The van der Waals surface area contributed by atoms with E-state index in [-0.39, 0.29) is 18.4 Å². The fourth-order valence-electron chi connectivity index (χ4n) is 2.29. The second-order valence-electron chi connectivity index (χ2n) is 4.40. The molecular formula is C11H19N5OS. The summed E-state index contributed by atoms with van der Waals surface area (Å²) >= 11 is 1.93. The molecule has 1 fully saturated rings. The number of thioether (sulfide) groups is 1. The van der Waals surface area contributed by atoms with Crippen LogP contribution in [-0.4, -0.2) is 37.7 Å². The molecular weight excluding hydrogens is 250 g/mol. The van der Waals surface area contributed by atoms with Crippen molar-refractivity contribution in [3.63, 3.8) is 0 Å². The first-order valence-corrected chi connectivity index (χ1v) is 7.29. The van der Waals surface area contributed by atoms with E-state index in [0.29, 0.717) is 11.3 Å². The Morgan fingerprint density at radius 3 is 3.17 bits per heavy atom. The van der Waals surface area contributed by atoms with E-state index in [0.717, 1.165) is 12.2 Å². The van der Waals surface area contributed by atoms with Crippen LogP contribution in [-0.2, 0) is 11.3 Å². The molecule has 7 heteroatoms. The summed E-state index contributed by atoms with van der Waals surface area (Å²) < 4.78 is 1.46. The maximum atomic E-state index is 11.9. The molecule has 0 bridgehead atoms. The van der Waals surface area contributed by atoms with E-state index < -0.39 is 0 Å². The summed E-state index contributed by atoms with van der Waals surface area (Å²) in [5.74, 6) is 1.27. The van der Waals surface area contributed by atoms with Crippen molar-refractivity contribution >= 4 is 23.6 Å². The summed E-state index contributed by atoms with van der Waals surface area (Å²) in [5, 5.41) is 7.54. The second kappa shape index (κ2) is 6.08. The van der Waals surface area contributed by atoms with Gasteiger partial charge in [0.05, 0.1) is 0 Å². The summed E-state index contributed by atoms with van der Waals surface area (Å²) in [4.78, 5) is 15.7. The molecule has 1 aromatic heterocycles. The summed E-state index contributed by atoms with van der Waals surface area (Å²) in [6.07, 6.45) is 4.93. The Bertz CT molecular complexity index is 408. The van der Waals surface area contributed by atoms with Crippen molar-refractivity contribution < 1.29 is 4.79 Å². The van der Waals surface area contributed by atoms with Gasteiger partial charge >= 0.3 is 0 Å². The Morgan fingerprint density at radius 2 is 2.50 bits per heavy atom. The number of hydrogen-bond acceptors (Lipinski definition) is 5. The molecule has 2 rings (SSSR count). The number of hydrogen-bond donors (Lipinski definition) is 2. The Kier molecular flexibility index (Phi) is 4.46. The molecule has 0 aliphatic heterocycles. The molecule has 100 valence electrons. The molecule has 0 aromatic carbocycles. The Morgan fingerprint density at radius 1 is 1.67 bits per heavy atom. The summed E-state index contributed by atoms with van der Waals surface area (Å²) in [6, 6.07) is 0.295. The van der Waals surface area contributed by atoms with Crippen LogP contribution in [0.1, 0.15) is 26.2 Å². The number of rotatable bonds is 5. The molecule has 2 unspecified atom stereocenters. The predicted octanol–water partition coefficient (Wildman–Crippen LogP) is 0.651. The van der Waals surface area contributed by atoms with Crippen molar-refractivity contribution in [2.24, 2.45) is 0 Å². The van der Waals surface area contributed by atoms with Crippen LogP contribution in [0.4, 0.5) is 5.95 Å². The fraction of sp³-hybridized carbons (Fsp3) is 0.727. The van der Waals surface area contributed by atoms with Gasteiger partial charge in [0, 0.05) is 11.3 Å². The summed E-state index contributed by atoms with van der Waals surface area (Å²) in [6.45, 7) is 2.34. The largest absolute Gasteiger partial charge is 0.367 e. The number of carbonyl (C=O) groups is 1. The molecule has 0 radical (unpaired) electrons. The maximum absolute atomic E-state index is 11.9. The van der Waals surface area contributed by atoms with Gasteiger partial charge in [-0.2, -0.15) is 11.8 Å². The lowest BCUT2D eigenvalue weighted by Crippen LogP contribution is -2.40. The van der Waals surface area contributed by atoms with Crippen LogP contribution in [0, 0.1) is 0 Å². The highest BCUT2D eigenvalue weighted by molar-refractivity contribution is 7.99. The minimum absolute atomic E-state index is 0.0199. The van der Waals surface area contributed by atoms with Gasteiger partial charge in [0.25, 0.3) is 0 Å². The number of amides is 1. The molecule has 0 spiro atoms. The highest BCUT2D eigenvalue weighted by Gasteiger charge is 2.28. The zero-order valence-electron chi connectivity index (χ0n) is 10.5. The SMILES string of the molecule is CCSC1CCCC1NC(=O)Cn1cnc(N)n1. The summed E-state index contributed by atoms with van der Waals surface area (Å²) in [5.41, 5.74) is 5.40. The average Bonchev–Trinajstić information content (AvgIpc) is 2.90. The number of nitrogen functional groups attached to an aromatic ring is 1. The van der Waals surface area contributed by atoms with Crippen LogP contribution in [0.3, 0.4) is 0 Å². The van der Waals surface area contributed by atoms with Crippen molar-refractivity contribution in [1.82, 2.24) is 20.1 Å². The van der Waals surface area contributed by atoms with Gasteiger partial charge in [-0.25, -0.2) is 9.67 Å². The maximum Gasteiger partial charge on any atom is 0.242 e. The monoisotopic (exact) mass is 269 g/mol. The molecule has 1 amide bonds. The van der Waals surface area contributed by atoms with Gasteiger partial charge in [-0.15, -0.1) is 5.10 Å². The molecule has 6 nitrogen and oxygen atoms in total. The van der Waals surface area contributed by atoms with Crippen LogP contribution in [0.5, 0.6) is 0 Å². The van der Waals surface area contributed by atoms with E-state index >= 15 is 0 Å². The minimum atomic E-state index is -0.0199. The Balaban J connectivity index is 1.83. The second-order valence-corrected chi connectivity index (χ2v) is 5.92. The lowest BCUT2D eigenvalue weighted by atomic mass is 10.2. The fourth-order valence-corrected chi connectivity index (χ4v) is 3.49. The summed E-state index contributed by atoms with van der Waals surface area (Å²) in [7, 11) is 0. The molecule has 1 saturated carbocycles. The van der Waals surface area contributed by atoms with Crippen LogP contribution >= 0.6 is 11.8 Å². The quantitative estimate of drug-likeness (QED) is 0.819. The zero-order chi connectivity index (χ0) is 13.0. The third-order valence-corrected chi connectivity index (χ3v) is 4.37.